The molecule has 0 aliphatic rings. The van der Waals surface area contributed by atoms with Crippen molar-refractivity contribution in [1.29, 1.82) is 0 Å². The molecule has 14 heavy (non-hydrogen) atoms. The van der Waals surface area contributed by atoms with E-state index in [0.717, 1.165) is 17.7 Å². The summed E-state index contributed by atoms with van der Waals surface area (Å²) in [6.45, 7) is 2.40. The minimum absolute atomic E-state index is 0.238. The van der Waals surface area contributed by atoms with Gasteiger partial charge < -0.3 is 4.74 Å². The van der Waals surface area contributed by atoms with E-state index >= 15 is 0 Å². The lowest BCUT2D eigenvalue weighted by Gasteiger charge is -2.07. The fourth-order valence-corrected chi connectivity index (χ4v) is 1.13. The quantitative estimate of drug-likeness (QED) is 0.526. The van der Waals surface area contributed by atoms with Crippen molar-refractivity contribution >= 4 is 0 Å². The van der Waals surface area contributed by atoms with Crippen LogP contribution in [0, 0.1) is 25.1 Å². The van der Waals surface area contributed by atoms with Gasteiger partial charge in [-0.1, -0.05) is 0 Å². The van der Waals surface area contributed by atoms with Crippen molar-refractivity contribution in [2.24, 2.45) is 0 Å². The van der Waals surface area contributed by atoms with Gasteiger partial charge in [0, 0.05) is 6.42 Å². The summed E-state index contributed by atoms with van der Waals surface area (Å²) in [5.74, 6) is 3.03. The molecule has 0 saturated carbocycles. The van der Waals surface area contributed by atoms with Crippen molar-refractivity contribution in [3.63, 3.8) is 0 Å². The Morgan fingerprint density at radius 1 is 1.50 bits per heavy atom. The van der Waals surface area contributed by atoms with Crippen LogP contribution in [0.15, 0.2) is 18.2 Å². The molecule has 0 atom stereocenters. The second-order valence-corrected chi connectivity index (χ2v) is 3.07. The number of benzene rings is 1. The lowest BCUT2D eigenvalue weighted by molar-refractivity contribution is 0.310. The number of hydrogen-bond acceptors (Lipinski definition) is 1. The molecule has 2 heteroatoms. The van der Waals surface area contributed by atoms with E-state index in [1.807, 2.05) is 6.92 Å². The standard InChI is InChI=1S/C12H13FO/c1-3-4-5-8-14-12-7-6-11(13)9-10(12)2/h1,6-7,9H,4-5,8H2,2H3. The molecule has 0 aliphatic carbocycles. The average Bonchev–Trinajstić information content (AvgIpc) is 2.15. The molecule has 1 rings (SSSR count). The smallest absolute Gasteiger partial charge is 0.123 e. The first-order chi connectivity index (χ1) is 6.74. The van der Waals surface area contributed by atoms with Crippen molar-refractivity contribution in [2.45, 2.75) is 19.8 Å². The first kappa shape index (κ1) is 10.6. The van der Waals surface area contributed by atoms with Gasteiger partial charge in [0.15, 0.2) is 0 Å². The molecule has 0 N–H and O–H groups in total. The first-order valence-corrected chi connectivity index (χ1v) is 4.56. The summed E-state index contributed by atoms with van der Waals surface area (Å²) < 4.78 is 18.1. The molecule has 1 nitrogen and oxygen atoms in total. The van der Waals surface area contributed by atoms with Gasteiger partial charge in [0.1, 0.15) is 11.6 Å². The first-order valence-electron chi connectivity index (χ1n) is 4.56. The number of unbranched alkanes of at least 4 members (excludes halogenated alkanes) is 1. The third kappa shape index (κ3) is 3.10. The van der Waals surface area contributed by atoms with Gasteiger partial charge in [-0.05, 0) is 37.1 Å². The van der Waals surface area contributed by atoms with Gasteiger partial charge in [0.2, 0.25) is 0 Å². The zero-order valence-electron chi connectivity index (χ0n) is 8.22. The molecule has 1 aromatic carbocycles. The molecule has 1 aromatic rings. The number of hydrogen-bond donors (Lipinski definition) is 0. The fraction of sp³-hybridized carbons (Fsp3) is 0.333. The maximum absolute atomic E-state index is 12.7. The number of rotatable bonds is 4. The molecule has 0 bridgehead atoms. The summed E-state index contributed by atoms with van der Waals surface area (Å²) in [6, 6.07) is 4.49. The van der Waals surface area contributed by atoms with Crippen LogP contribution in [-0.2, 0) is 0 Å². The maximum atomic E-state index is 12.7. The Kier molecular flexibility index (Phi) is 4.00. The van der Waals surface area contributed by atoms with Crippen molar-refractivity contribution in [1.82, 2.24) is 0 Å². The van der Waals surface area contributed by atoms with Gasteiger partial charge in [0.05, 0.1) is 6.61 Å². The summed E-state index contributed by atoms with van der Waals surface area (Å²) in [7, 11) is 0. The summed E-state index contributed by atoms with van der Waals surface area (Å²) in [4.78, 5) is 0. The number of terminal acetylenes is 1. The van der Waals surface area contributed by atoms with Crippen LogP contribution in [0.1, 0.15) is 18.4 Å². The molecular weight excluding hydrogens is 179 g/mol. The highest BCUT2D eigenvalue weighted by Gasteiger charge is 1.99. The molecule has 0 heterocycles. The van der Waals surface area contributed by atoms with E-state index in [4.69, 9.17) is 11.2 Å². The van der Waals surface area contributed by atoms with Crippen LogP contribution < -0.4 is 4.74 Å². The van der Waals surface area contributed by atoms with Crippen molar-refractivity contribution < 1.29 is 9.13 Å². The third-order valence-corrected chi connectivity index (χ3v) is 1.86. The monoisotopic (exact) mass is 192 g/mol. The minimum Gasteiger partial charge on any atom is -0.493 e. The second kappa shape index (κ2) is 5.29. The van der Waals surface area contributed by atoms with Gasteiger partial charge in [0.25, 0.3) is 0 Å². The highest BCUT2D eigenvalue weighted by molar-refractivity contribution is 5.32. The fourth-order valence-electron chi connectivity index (χ4n) is 1.13. The Labute approximate surface area is 83.9 Å². The van der Waals surface area contributed by atoms with Crippen molar-refractivity contribution in [3.05, 3.63) is 29.6 Å². The average molecular weight is 192 g/mol. The van der Waals surface area contributed by atoms with E-state index in [1.165, 1.54) is 12.1 Å². The highest BCUT2D eigenvalue weighted by Crippen LogP contribution is 2.18. The third-order valence-electron chi connectivity index (χ3n) is 1.86. The van der Waals surface area contributed by atoms with Crippen LogP contribution in [0.2, 0.25) is 0 Å². The van der Waals surface area contributed by atoms with Crippen molar-refractivity contribution in [3.8, 4) is 18.1 Å². The van der Waals surface area contributed by atoms with Crippen LogP contribution in [-0.4, -0.2) is 6.61 Å². The Bertz CT molecular complexity index is 339. The van der Waals surface area contributed by atoms with Crippen LogP contribution in [0.3, 0.4) is 0 Å². The SMILES string of the molecule is C#CCCCOc1ccc(F)cc1C. The number of ether oxygens (including phenoxy) is 1. The van der Waals surface area contributed by atoms with Gasteiger partial charge >= 0.3 is 0 Å². The Balaban J connectivity index is 2.47. The van der Waals surface area contributed by atoms with Crippen molar-refractivity contribution in [2.75, 3.05) is 6.61 Å². The van der Waals surface area contributed by atoms with Crippen LogP contribution in [0.5, 0.6) is 5.75 Å². The van der Waals surface area contributed by atoms with E-state index < -0.39 is 0 Å². The highest BCUT2D eigenvalue weighted by atomic mass is 19.1. The Morgan fingerprint density at radius 2 is 2.29 bits per heavy atom. The van der Waals surface area contributed by atoms with Gasteiger partial charge in [-0.25, -0.2) is 4.39 Å². The summed E-state index contributed by atoms with van der Waals surface area (Å²) in [5, 5.41) is 0. The zero-order chi connectivity index (χ0) is 10.4. The summed E-state index contributed by atoms with van der Waals surface area (Å²) in [6.07, 6.45) is 6.64. The lowest BCUT2D eigenvalue weighted by atomic mass is 10.2. The van der Waals surface area contributed by atoms with Gasteiger partial charge in [-0.2, -0.15) is 0 Å². The van der Waals surface area contributed by atoms with E-state index in [-0.39, 0.29) is 5.82 Å². The molecule has 0 aliphatic heterocycles. The van der Waals surface area contributed by atoms with E-state index in [0.29, 0.717) is 13.0 Å². The minimum atomic E-state index is -0.238. The Hall–Kier alpha value is -1.49. The molecule has 0 unspecified atom stereocenters. The largest absolute Gasteiger partial charge is 0.493 e. The predicted molar refractivity (Wildman–Crippen MR) is 54.7 cm³/mol. The molecule has 0 amide bonds. The molecule has 0 saturated heterocycles. The predicted octanol–water partition coefficient (Wildman–Crippen LogP) is 2.93. The maximum Gasteiger partial charge on any atom is 0.123 e. The topological polar surface area (TPSA) is 9.23 Å². The van der Waals surface area contributed by atoms with E-state index in [2.05, 4.69) is 5.92 Å². The summed E-state index contributed by atoms with van der Waals surface area (Å²) >= 11 is 0. The molecule has 74 valence electrons. The zero-order valence-corrected chi connectivity index (χ0v) is 8.22. The number of halogens is 1. The molecule has 0 fully saturated rings. The van der Waals surface area contributed by atoms with Gasteiger partial charge in [-0.3, -0.25) is 0 Å². The van der Waals surface area contributed by atoms with Crippen LogP contribution >= 0.6 is 0 Å². The van der Waals surface area contributed by atoms with Gasteiger partial charge in [-0.15, -0.1) is 12.3 Å². The van der Waals surface area contributed by atoms with E-state index in [9.17, 15) is 4.39 Å². The molecular formula is C12H13FO. The lowest BCUT2D eigenvalue weighted by Crippen LogP contribution is -1.98. The summed E-state index contributed by atoms with van der Waals surface area (Å²) in [5.41, 5.74) is 0.811. The second-order valence-electron chi connectivity index (χ2n) is 3.07. The molecule has 0 spiro atoms. The van der Waals surface area contributed by atoms with Crippen LogP contribution in [0.4, 0.5) is 4.39 Å². The van der Waals surface area contributed by atoms with E-state index in [1.54, 1.807) is 6.07 Å². The normalized spacial score (nSPS) is 9.50. The molecule has 0 aromatic heterocycles. The number of aryl methyl sites for hydroxylation is 1. The Morgan fingerprint density at radius 3 is 2.93 bits per heavy atom. The van der Waals surface area contributed by atoms with Crippen LogP contribution in [0.25, 0.3) is 0 Å². The molecule has 0 radical (unpaired) electrons.